The number of carbonyl (C=O) groups is 9. The number of anilines is 1. The monoisotopic (exact) mass is 1010 g/mol. The first-order chi connectivity index (χ1) is 35.0. The number of nitrogens with zero attached hydrogens (tertiary/aromatic N) is 2. The molecule has 0 radical (unpaired) electrons. The highest BCUT2D eigenvalue weighted by Crippen LogP contribution is 2.35. The van der Waals surface area contributed by atoms with E-state index >= 15 is 0 Å². The average molecular weight is 1010 g/mol. The van der Waals surface area contributed by atoms with E-state index in [2.05, 4.69) is 22.5 Å². The maximum Gasteiger partial charge on any atom is 0.329 e. The van der Waals surface area contributed by atoms with Crippen molar-refractivity contribution in [2.24, 2.45) is 5.41 Å². The van der Waals surface area contributed by atoms with Crippen LogP contribution in [0.3, 0.4) is 0 Å². The molecule has 6 rings (SSSR count). The fourth-order valence-electron chi connectivity index (χ4n) is 8.93. The van der Waals surface area contributed by atoms with Gasteiger partial charge < -0.3 is 39.8 Å². The van der Waals surface area contributed by atoms with E-state index in [1.165, 1.54) is 17.0 Å². The van der Waals surface area contributed by atoms with Crippen LogP contribution in [-0.2, 0) is 44.7 Å². The van der Waals surface area contributed by atoms with Gasteiger partial charge in [-0.3, -0.25) is 43.3 Å². The number of allylic oxidation sites excluding steroid dienone is 1. The molecule has 3 heterocycles. The molecule has 6 amide bonds. The Balaban J connectivity index is 0.937. The van der Waals surface area contributed by atoms with Crippen LogP contribution in [0.15, 0.2) is 72.9 Å². The van der Waals surface area contributed by atoms with Gasteiger partial charge in [0, 0.05) is 49.2 Å². The van der Waals surface area contributed by atoms with Crippen molar-refractivity contribution in [3.05, 3.63) is 95.2 Å². The molecule has 390 valence electrons. The summed E-state index contributed by atoms with van der Waals surface area (Å²) in [7, 11) is 3.10. The minimum atomic E-state index is -0.967. The zero-order valence-electron chi connectivity index (χ0n) is 42.4. The Hall–Kier alpha value is -7.37. The van der Waals surface area contributed by atoms with Crippen molar-refractivity contribution in [3.63, 3.8) is 0 Å². The predicted octanol–water partition coefficient (Wildman–Crippen LogP) is 6.74. The first-order valence-electron chi connectivity index (χ1n) is 25.0. The van der Waals surface area contributed by atoms with Crippen LogP contribution in [0.2, 0.25) is 0 Å². The van der Waals surface area contributed by atoms with E-state index in [0.717, 1.165) is 10.5 Å². The van der Waals surface area contributed by atoms with Crippen LogP contribution in [-0.4, -0.2) is 109 Å². The predicted molar refractivity (Wildman–Crippen MR) is 269 cm³/mol. The van der Waals surface area contributed by atoms with Gasteiger partial charge in [-0.1, -0.05) is 58.0 Å². The number of rotatable bonds is 25. The molecule has 18 heteroatoms. The lowest BCUT2D eigenvalue weighted by molar-refractivity contribution is -0.164. The van der Waals surface area contributed by atoms with Gasteiger partial charge in [0.05, 0.1) is 25.3 Å². The molecule has 3 aliphatic heterocycles. The van der Waals surface area contributed by atoms with Gasteiger partial charge in [-0.2, -0.15) is 0 Å². The number of nitrogens with one attached hydrogen (secondary N) is 3. The number of likely N-dealkylation sites (tertiary alicyclic amines) is 1. The van der Waals surface area contributed by atoms with Gasteiger partial charge in [0.25, 0.3) is 17.7 Å². The van der Waals surface area contributed by atoms with E-state index in [1.54, 1.807) is 64.5 Å². The summed E-state index contributed by atoms with van der Waals surface area (Å²) in [6.07, 6.45) is 4.84. The van der Waals surface area contributed by atoms with Gasteiger partial charge in [-0.05, 0) is 112 Å². The molecule has 3 aliphatic rings. The number of unbranched alkanes of at least 4 members (excludes halogenated alkanes) is 2. The molecule has 0 aliphatic carbocycles. The molecule has 2 fully saturated rings. The van der Waals surface area contributed by atoms with Crippen LogP contribution in [0.4, 0.5) is 5.69 Å². The third kappa shape index (κ3) is 14.0. The van der Waals surface area contributed by atoms with E-state index in [0.29, 0.717) is 99.2 Å². The second-order valence-electron chi connectivity index (χ2n) is 19.2. The number of ketones is 2. The number of aryl methyl sites for hydroxylation is 1. The molecular formula is C55H67N5O13. The third-order valence-corrected chi connectivity index (χ3v) is 13.7. The molecule has 0 aromatic heterocycles. The van der Waals surface area contributed by atoms with Crippen molar-refractivity contribution in [1.29, 1.82) is 0 Å². The summed E-state index contributed by atoms with van der Waals surface area (Å²) in [6.45, 7) is 9.35. The molecule has 0 saturated carbocycles. The second kappa shape index (κ2) is 25.3. The quantitative estimate of drug-likeness (QED) is 0.0346. The van der Waals surface area contributed by atoms with Crippen molar-refractivity contribution in [3.8, 4) is 17.2 Å². The topological polar surface area (TPSA) is 233 Å². The van der Waals surface area contributed by atoms with Crippen LogP contribution in [0, 0.1) is 5.41 Å². The van der Waals surface area contributed by atoms with Crippen LogP contribution in [0.25, 0.3) is 0 Å². The smallest absolute Gasteiger partial charge is 0.329 e. The van der Waals surface area contributed by atoms with Crippen molar-refractivity contribution >= 4 is 58.7 Å². The van der Waals surface area contributed by atoms with Gasteiger partial charge in [0.15, 0.2) is 17.3 Å². The number of Topliss-reactive ketones (excluding diaryl/α,β-unsaturated/α-hetero) is 2. The fourth-order valence-corrected chi connectivity index (χ4v) is 8.93. The molecule has 18 nitrogen and oxygen atoms in total. The first kappa shape index (κ1) is 55.0. The first-order valence-corrected chi connectivity index (χ1v) is 25.0. The van der Waals surface area contributed by atoms with Gasteiger partial charge in [0.1, 0.15) is 30.5 Å². The molecular weight excluding hydrogens is 939 g/mol. The van der Waals surface area contributed by atoms with Crippen LogP contribution < -0.4 is 30.2 Å². The van der Waals surface area contributed by atoms with Crippen molar-refractivity contribution in [1.82, 2.24) is 20.4 Å². The number of esters is 1. The Morgan fingerprint density at radius 1 is 0.836 bits per heavy atom. The van der Waals surface area contributed by atoms with E-state index in [1.807, 2.05) is 19.1 Å². The summed E-state index contributed by atoms with van der Waals surface area (Å²) in [5, 5.41) is 8.21. The van der Waals surface area contributed by atoms with E-state index in [4.69, 9.17) is 18.9 Å². The third-order valence-electron chi connectivity index (χ3n) is 13.7. The summed E-state index contributed by atoms with van der Waals surface area (Å²) in [5.74, 6) is -3.20. The Kier molecular flexibility index (Phi) is 19.1. The maximum atomic E-state index is 14.0. The average Bonchev–Trinajstić information content (AvgIpc) is 3.64. The number of hydrogen-bond donors (Lipinski definition) is 3. The van der Waals surface area contributed by atoms with E-state index in [-0.39, 0.29) is 73.3 Å². The van der Waals surface area contributed by atoms with Gasteiger partial charge in [-0.15, -0.1) is 0 Å². The lowest BCUT2D eigenvalue weighted by atomic mass is 9.84. The molecule has 3 N–H and O–H groups in total. The summed E-state index contributed by atoms with van der Waals surface area (Å²) >= 11 is 0. The van der Waals surface area contributed by atoms with E-state index < -0.39 is 59.0 Å². The molecule has 3 aromatic carbocycles. The zero-order chi connectivity index (χ0) is 52.8. The number of carbonyl (C=O) groups excluding carboxylic acids is 9. The van der Waals surface area contributed by atoms with Crippen LogP contribution >= 0.6 is 0 Å². The number of amides is 6. The minimum Gasteiger partial charge on any atom is -0.493 e. The fraction of sp³-hybridized carbons (Fsp3) is 0.473. The molecule has 0 bridgehead atoms. The SMILES string of the molecule is C=C1CCC(N2C(=O)c3cccc(OCC(=O)CCCCCNC(=O)CCC(=O)Nc4ccc([C@@H](CCc5ccc(OC)c(OC)c5)OC(=O)C5CCCCN5C(=O)C(=O)C(C)(C)CC)cc4)c3C2=O)C(=O)N1. The van der Waals surface area contributed by atoms with Gasteiger partial charge in [0.2, 0.25) is 23.5 Å². The highest BCUT2D eigenvalue weighted by Gasteiger charge is 2.46. The highest BCUT2D eigenvalue weighted by molar-refractivity contribution is 6.38. The van der Waals surface area contributed by atoms with Crippen molar-refractivity contribution in [2.45, 2.75) is 129 Å². The van der Waals surface area contributed by atoms with E-state index in [9.17, 15) is 43.2 Å². The largest absolute Gasteiger partial charge is 0.493 e. The second-order valence-corrected chi connectivity index (χ2v) is 19.2. The standard InChI is InChI=1S/C55H67N5O13/c1-7-55(3,4)49(64)53(68)59-31-12-10-16-41(59)54(69)73-42(26-19-35-20-27-43(70-5)45(32-35)71-6)36-21-23-37(24-22-36)58-47(63)29-28-46(62)56-30-11-8-9-14-38(61)33-72-44-17-13-15-39-48(44)52(67)60(51(39)66)40-25-18-34(2)57-50(40)65/h13,15,17,20-24,27,32,40-42H,2,7-12,14,16,18-19,25-26,28-31,33H2,1,3-6H3,(H,56,62)(H,57,65)(H,58,63)/t40?,41?,42-/m1/s1. The van der Waals surface area contributed by atoms with Gasteiger partial charge in [-0.25, -0.2) is 4.79 Å². The van der Waals surface area contributed by atoms with Crippen molar-refractivity contribution < 1.29 is 62.1 Å². The van der Waals surface area contributed by atoms with Crippen molar-refractivity contribution in [2.75, 3.05) is 39.2 Å². The number of ether oxygens (including phenoxy) is 4. The minimum absolute atomic E-state index is 0.0247. The summed E-state index contributed by atoms with van der Waals surface area (Å²) in [5.41, 5.74) is 1.82. The molecule has 2 unspecified atom stereocenters. The van der Waals surface area contributed by atoms with Gasteiger partial charge >= 0.3 is 5.97 Å². The summed E-state index contributed by atoms with van der Waals surface area (Å²) in [4.78, 5) is 120. The Morgan fingerprint density at radius 2 is 1.58 bits per heavy atom. The highest BCUT2D eigenvalue weighted by atomic mass is 16.5. The Labute approximate surface area is 425 Å². The zero-order valence-corrected chi connectivity index (χ0v) is 42.4. The molecule has 3 aromatic rings. The Bertz CT molecular complexity index is 2590. The number of hydrogen-bond acceptors (Lipinski definition) is 13. The number of methoxy groups -OCH3 is 2. The molecule has 0 spiro atoms. The summed E-state index contributed by atoms with van der Waals surface area (Å²) < 4.78 is 22.8. The van der Waals surface area contributed by atoms with Crippen LogP contribution in [0.5, 0.6) is 17.2 Å². The number of benzene rings is 3. The normalized spacial score (nSPS) is 17.0. The maximum absolute atomic E-state index is 14.0. The number of piperidine rings is 2. The van der Waals surface area contributed by atoms with Crippen LogP contribution in [0.1, 0.15) is 142 Å². The molecule has 3 atom stereocenters. The molecule has 73 heavy (non-hydrogen) atoms. The number of imide groups is 1. The lowest BCUT2D eigenvalue weighted by Crippen LogP contribution is -2.53. The summed E-state index contributed by atoms with van der Waals surface area (Å²) in [6, 6.07) is 15.1. The molecule has 2 saturated heterocycles. The lowest BCUT2D eigenvalue weighted by Gasteiger charge is -2.36. The Morgan fingerprint density at radius 3 is 2.29 bits per heavy atom. The number of fused-ring (bicyclic) bond motifs is 1.